The van der Waals surface area contributed by atoms with Gasteiger partial charge in [-0.1, -0.05) is 6.07 Å². The van der Waals surface area contributed by atoms with E-state index >= 15 is 0 Å². The van der Waals surface area contributed by atoms with Crippen molar-refractivity contribution in [3.8, 4) is 11.3 Å². The molecule has 0 aliphatic rings. The molecule has 3 rings (SSSR count). The quantitative estimate of drug-likeness (QED) is 0.597. The van der Waals surface area contributed by atoms with Crippen LogP contribution in [-0.4, -0.2) is 38.3 Å². The lowest BCUT2D eigenvalue weighted by Gasteiger charge is -2.12. The van der Waals surface area contributed by atoms with Crippen molar-refractivity contribution in [1.29, 1.82) is 0 Å². The number of primary amides is 1. The molecule has 0 spiro atoms. The molecule has 1 aromatic carbocycles. The number of halogens is 3. The van der Waals surface area contributed by atoms with E-state index in [-0.39, 0.29) is 18.8 Å². The largest absolute Gasteiger partial charge is 0.390 e. The van der Waals surface area contributed by atoms with Crippen LogP contribution in [0.25, 0.3) is 16.9 Å². The topological polar surface area (TPSA) is 106 Å². The molecule has 0 unspecified atom stereocenters. The molecule has 4 N–H and O–H groups in total. The monoisotopic (exact) mass is 393 g/mol. The number of nitrogens with one attached hydrogen (secondary N) is 1. The van der Waals surface area contributed by atoms with Crippen molar-refractivity contribution in [3.05, 3.63) is 47.3 Å². The summed E-state index contributed by atoms with van der Waals surface area (Å²) in [5, 5.41) is 16.4. The number of amides is 1. The van der Waals surface area contributed by atoms with Gasteiger partial charge in [0, 0.05) is 17.7 Å². The molecule has 3 aromatic rings. The maximum Gasteiger partial charge on any atom is 0.390 e. The first-order valence-corrected chi connectivity index (χ1v) is 8.39. The molecule has 2 aromatic heterocycles. The number of aliphatic hydroxyl groups is 1. The lowest BCUT2D eigenvalue weighted by molar-refractivity contribution is -0.131. The van der Waals surface area contributed by atoms with E-state index in [0.29, 0.717) is 33.7 Å². The standard InChI is InChI=1S/C18H18F3N5O2/c1-10-6-11(2-3-13(10)16(22)28)15-8-24-17-14(23-5-4-18(19,20)21)7-12(9-27)25-26(15)17/h2-3,6-8,23,27H,4-5,9H2,1H3,(H2,22,28). The first kappa shape index (κ1) is 19.6. The van der Waals surface area contributed by atoms with E-state index in [1.165, 1.54) is 16.8 Å². The fourth-order valence-corrected chi connectivity index (χ4v) is 2.86. The van der Waals surface area contributed by atoms with Crippen LogP contribution in [-0.2, 0) is 6.61 Å². The third kappa shape index (κ3) is 4.06. The number of carbonyl (C=O) groups excluding carboxylic acids is 1. The number of benzene rings is 1. The average molecular weight is 393 g/mol. The molecule has 0 saturated heterocycles. The SMILES string of the molecule is Cc1cc(-c2cnc3c(NCCC(F)(F)F)cc(CO)nn23)ccc1C(N)=O. The average Bonchev–Trinajstić information content (AvgIpc) is 3.04. The minimum Gasteiger partial charge on any atom is -0.390 e. The summed E-state index contributed by atoms with van der Waals surface area (Å²) in [6, 6.07) is 6.48. The highest BCUT2D eigenvalue weighted by atomic mass is 19.4. The Labute approximate surface area is 158 Å². The lowest BCUT2D eigenvalue weighted by atomic mass is 10.0. The Hall–Kier alpha value is -3.14. The van der Waals surface area contributed by atoms with Gasteiger partial charge in [0.1, 0.15) is 0 Å². The summed E-state index contributed by atoms with van der Waals surface area (Å²) in [4.78, 5) is 15.7. The molecule has 7 nitrogen and oxygen atoms in total. The normalized spacial score (nSPS) is 11.8. The summed E-state index contributed by atoms with van der Waals surface area (Å²) >= 11 is 0. The van der Waals surface area contributed by atoms with Crippen LogP contribution in [0.2, 0.25) is 0 Å². The second-order valence-electron chi connectivity index (χ2n) is 6.27. The van der Waals surface area contributed by atoms with Crippen LogP contribution in [0.1, 0.15) is 28.0 Å². The van der Waals surface area contributed by atoms with E-state index in [0.717, 1.165) is 0 Å². The highest BCUT2D eigenvalue weighted by Gasteiger charge is 2.26. The molecule has 0 bridgehead atoms. The number of rotatable bonds is 6. The maximum atomic E-state index is 12.4. The highest BCUT2D eigenvalue weighted by Crippen LogP contribution is 2.27. The van der Waals surface area contributed by atoms with Gasteiger partial charge in [-0.2, -0.15) is 18.3 Å². The van der Waals surface area contributed by atoms with Crippen molar-refractivity contribution in [2.45, 2.75) is 26.1 Å². The number of hydrogen-bond donors (Lipinski definition) is 3. The molecular formula is C18H18F3N5O2. The van der Waals surface area contributed by atoms with E-state index in [2.05, 4.69) is 15.4 Å². The number of imidazole rings is 1. The van der Waals surface area contributed by atoms with Gasteiger partial charge < -0.3 is 16.2 Å². The number of aliphatic hydroxyl groups excluding tert-OH is 1. The van der Waals surface area contributed by atoms with E-state index in [9.17, 15) is 23.1 Å². The Balaban J connectivity index is 2.02. The van der Waals surface area contributed by atoms with Gasteiger partial charge in [-0.05, 0) is 30.7 Å². The molecule has 10 heteroatoms. The molecule has 0 radical (unpaired) electrons. The van der Waals surface area contributed by atoms with Crippen LogP contribution in [0.4, 0.5) is 18.9 Å². The molecule has 0 aliphatic carbocycles. The van der Waals surface area contributed by atoms with Gasteiger partial charge in [0.05, 0.1) is 36.3 Å². The van der Waals surface area contributed by atoms with Gasteiger partial charge in [-0.15, -0.1) is 0 Å². The molecular weight excluding hydrogens is 375 g/mol. The molecule has 0 saturated carbocycles. The predicted molar refractivity (Wildman–Crippen MR) is 96.8 cm³/mol. The Morgan fingerprint density at radius 3 is 2.68 bits per heavy atom. The minimum absolute atomic E-state index is 0.270. The number of aryl methyl sites for hydroxylation is 1. The van der Waals surface area contributed by atoms with Crippen LogP contribution >= 0.6 is 0 Å². The molecule has 148 valence electrons. The maximum absolute atomic E-state index is 12.4. The Kier molecular flexibility index (Phi) is 5.23. The molecule has 0 atom stereocenters. The number of anilines is 1. The summed E-state index contributed by atoms with van der Waals surface area (Å²) < 4.78 is 38.7. The highest BCUT2D eigenvalue weighted by molar-refractivity contribution is 5.94. The minimum atomic E-state index is -4.28. The summed E-state index contributed by atoms with van der Waals surface area (Å²) in [5.41, 5.74) is 8.56. The first-order chi connectivity index (χ1) is 13.2. The van der Waals surface area contributed by atoms with Crippen LogP contribution in [0.15, 0.2) is 30.5 Å². The van der Waals surface area contributed by atoms with Crippen LogP contribution in [0, 0.1) is 6.92 Å². The number of carbonyl (C=O) groups is 1. The summed E-state index contributed by atoms with van der Waals surface area (Å²) in [7, 11) is 0. The van der Waals surface area contributed by atoms with Gasteiger partial charge in [-0.25, -0.2) is 9.50 Å². The van der Waals surface area contributed by atoms with Crippen LogP contribution in [0.5, 0.6) is 0 Å². The van der Waals surface area contributed by atoms with Crippen LogP contribution in [0.3, 0.4) is 0 Å². The molecule has 2 heterocycles. The third-order valence-electron chi connectivity index (χ3n) is 4.19. The summed E-state index contributed by atoms with van der Waals surface area (Å²) in [5.74, 6) is -0.543. The van der Waals surface area contributed by atoms with Crippen molar-refractivity contribution >= 4 is 17.2 Å². The summed E-state index contributed by atoms with van der Waals surface area (Å²) in [6.07, 6.45) is -3.76. The van der Waals surface area contributed by atoms with Gasteiger partial charge in [-0.3, -0.25) is 4.79 Å². The molecule has 28 heavy (non-hydrogen) atoms. The first-order valence-electron chi connectivity index (χ1n) is 8.39. The number of aromatic nitrogens is 3. The summed E-state index contributed by atoms with van der Waals surface area (Å²) in [6.45, 7) is 1.02. The van der Waals surface area contributed by atoms with Gasteiger partial charge in [0.25, 0.3) is 0 Å². The van der Waals surface area contributed by atoms with Crippen molar-refractivity contribution in [3.63, 3.8) is 0 Å². The van der Waals surface area contributed by atoms with Crippen molar-refractivity contribution < 1.29 is 23.1 Å². The second-order valence-corrected chi connectivity index (χ2v) is 6.27. The number of alkyl halides is 3. The van der Waals surface area contributed by atoms with E-state index in [4.69, 9.17) is 5.73 Å². The van der Waals surface area contributed by atoms with E-state index < -0.39 is 18.5 Å². The van der Waals surface area contributed by atoms with Gasteiger partial charge in [0.15, 0.2) is 5.65 Å². The van der Waals surface area contributed by atoms with Crippen molar-refractivity contribution in [2.24, 2.45) is 5.73 Å². The fourth-order valence-electron chi connectivity index (χ4n) is 2.86. The number of nitrogens with two attached hydrogens (primary N) is 1. The molecule has 1 amide bonds. The number of hydrogen-bond acceptors (Lipinski definition) is 5. The van der Waals surface area contributed by atoms with Crippen molar-refractivity contribution in [2.75, 3.05) is 11.9 Å². The Morgan fingerprint density at radius 1 is 1.32 bits per heavy atom. The fraction of sp³-hybridized carbons (Fsp3) is 0.278. The third-order valence-corrected chi connectivity index (χ3v) is 4.19. The van der Waals surface area contributed by atoms with Crippen LogP contribution < -0.4 is 11.1 Å². The predicted octanol–water partition coefficient (Wildman–Crippen LogP) is 2.66. The van der Waals surface area contributed by atoms with E-state index in [1.54, 1.807) is 25.1 Å². The Bertz CT molecular complexity index is 1030. The van der Waals surface area contributed by atoms with Gasteiger partial charge >= 0.3 is 6.18 Å². The zero-order valence-electron chi connectivity index (χ0n) is 14.9. The molecule has 0 aliphatic heterocycles. The number of fused-ring (bicyclic) bond motifs is 1. The lowest BCUT2D eigenvalue weighted by Crippen LogP contribution is -2.15. The zero-order chi connectivity index (χ0) is 20.5. The Morgan fingerprint density at radius 2 is 2.07 bits per heavy atom. The second kappa shape index (κ2) is 7.47. The van der Waals surface area contributed by atoms with E-state index in [1.807, 2.05) is 0 Å². The van der Waals surface area contributed by atoms with Gasteiger partial charge in [0.2, 0.25) is 5.91 Å². The molecule has 0 fully saturated rings. The van der Waals surface area contributed by atoms with Crippen molar-refractivity contribution in [1.82, 2.24) is 14.6 Å². The zero-order valence-corrected chi connectivity index (χ0v) is 14.9. The smallest absolute Gasteiger partial charge is 0.390 e. The number of nitrogens with zero attached hydrogens (tertiary/aromatic N) is 3.